The Morgan fingerprint density at radius 1 is 0.780 bits per heavy atom. The van der Waals surface area contributed by atoms with Gasteiger partial charge in [-0.05, 0) is 13.8 Å². The molecule has 50 heavy (non-hydrogen) atoms. The summed E-state index contributed by atoms with van der Waals surface area (Å²) in [6, 6.07) is 0. The van der Waals surface area contributed by atoms with Crippen LogP contribution in [0.1, 0.15) is 28.8 Å². The van der Waals surface area contributed by atoms with Crippen LogP contribution >= 0.6 is 39.5 Å². The summed E-state index contributed by atoms with van der Waals surface area (Å²) in [5.41, 5.74) is 11.9. The van der Waals surface area contributed by atoms with Crippen molar-refractivity contribution >= 4 is 73.1 Å². The van der Waals surface area contributed by atoms with Crippen molar-refractivity contribution in [3.63, 3.8) is 0 Å². The number of halogens is 1. The number of alkyl halides is 1. The molecule has 0 bridgehead atoms. The van der Waals surface area contributed by atoms with E-state index in [1.54, 1.807) is 7.05 Å². The molecular weight excluding hydrogens is 764 g/mol. The van der Waals surface area contributed by atoms with Crippen molar-refractivity contribution in [1.82, 2.24) is 78.1 Å². The largest absolute Gasteiger partial charge is 0.388 e. The van der Waals surface area contributed by atoms with E-state index in [4.69, 9.17) is 23.7 Å². The summed E-state index contributed by atoms with van der Waals surface area (Å²) in [4.78, 5) is 71.3. The highest BCUT2D eigenvalue weighted by Crippen LogP contribution is 2.24. The van der Waals surface area contributed by atoms with Gasteiger partial charge in [0.15, 0.2) is 22.6 Å². The van der Waals surface area contributed by atoms with Gasteiger partial charge < -0.3 is 11.5 Å². The second-order valence-corrected chi connectivity index (χ2v) is 11.6. The number of carbonyl (C=O) groups is 2. The number of hydrogen-bond acceptors (Lipinski definition) is 17. The summed E-state index contributed by atoms with van der Waals surface area (Å²) in [6.07, 6.45) is 3.95. The Balaban J connectivity index is 0.000000159. The zero-order valence-corrected chi connectivity index (χ0v) is 29.8. The highest BCUT2D eigenvalue weighted by molar-refractivity contribution is 9.09. The maximum Gasteiger partial charge on any atom is 0.352 e. The quantitative estimate of drug-likeness (QED) is 0.139. The zero-order valence-electron chi connectivity index (χ0n) is 26.6. The molecule has 7 aromatic rings. The van der Waals surface area contributed by atoms with Crippen LogP contribution in [0.3, 0.4) is 0 Å². The van der Waals surface area contributed by atoms with E-state index in [1.165, 1.54) is 60.1 Å². The van der Waals surface area contributed by atoms with E-state index < -0.39 is 11.6 Å². The molecule has 26 heteroatoms. The Kier molecular flexibility index (Phi) is 11.4. The van der Waals surface area contributed by atoms with Crippen LogP contribution in [-0.4, -0.2) is 100 Å². The predicted molar refractivity (Wildman–Crippen MR) is 183 cm³/mol. The van der Waals surface area contributed by atoms with E-state index in [-0.39, 0.29) is 39.1 Å². The van der Waals surface area contributed by atoms with Crippen LogP contribution in [-0.2, 0) is 25.9 Å². The Morgan fingerprint density at radius 2 is 1.20 bits per heavy atom. The topological polar surface area (TPSA) is 294 Å². The summed E-state index contributed by atoms with van der Waals surface area (Å²) in [5, 5.41) is 25.4. The van der Waals surface area contributed by atoms with Gasteiger partial charge in [0.1, 0.15) is 46.1 Å². The number of carbonyl (C=O) groups excluding carboxylic acids is 2. The van der Waals surface area contributed by atoms with Crippen molar-refractivity contribution in [1.29, 1.82) is 0 Å². The molecule has 7 rings (SSSR count). The number of nitrogens with zero attached hydrogens (tertiary/aromatic N) is 16. The van der Waals surface area contributed by atoms with Gasteiger partial charge in [-0.15, -0.1) is 26.6 Å². The first-order chi connectivity index (χ1) is 23.7. The third kappa shape index (κ3) is 7.81. The number of Topliss-reactive ketones (excluding diaryl/α,β-unsaturated/α-hetero) is 1. The zero-order chi connectivity index (χ0) is 36.9. The first-order valence-electron chi connectivity index (χ1n) is 13.5. The van der Waals surface area contributed by atoms with Gasteiger partial charge in [0, 0.05) is 32.2 Å². The van der Waals surface area contributed by atoms with E-state index in [9.17, 15) is 24.0 Å². The molecular formula is C24H25BrN18O5S2. The van der Waals surface area contributed by atoms with Crippen molar-refractivity contribution in [3.8, 4) is 10.7 Å². The summed E-state index contributed by atoms with van der Waals surface area (Å²) in [6.45, 7) is 3.44. The second kappa shape index (κ2) is 15.5. The van der Waals surface area contributed by atoms with Gasteiger partial charge in [-0.3, -0.25) is 9.59 Å². The van der Waals surface area contributed by atoms with Gasteiger partial charge in [0.25, 0.3) is 5.91 Å². The summed E-state index contributed by atoms with van der Waals surface area (Å²) in [7, 11) is 4.48. The van der Waals surface area contributed by atoms with Crippen LogP contribution in [0.25, 0.3) is 27.6 Å². The molecule has 0 fully saturated rings. The molecule has 0 saturated heterocycles. The number of hydrogen-bond donors (Lipinski definition) is 2. The van der Waals surface area contributed by atoms with Gasteiger partial charge in [-0.2, -0.15) is 14.0 Å². The number of thiazole rings is 1. The molecule has 4 N–H and O–H groups in total. The average molecular weight is 790 g/mol. The third-order valence-electron chi connectivity index (χ3n) is 5.97. The summed E-state index contributed by atoms with van der Waals surface area (Å²) >= 11 is 9.18. The molecule has 0 unspecified atom stereocenters. The summed E-state index contributed by atoms with van der Waals surface area (Å²) in [5.74, 6) is -0.569. The van der Waals surface area contributed by atoms with Crippen LogP contribution in [0.15, 0.2) is 38.7 Å². The second-order valence-electron chi connectivity index (χ2n) is 9.71. The molecule has 0 spiro atoms. The van der Waals surface area contributed by atoms with Crippen LogP contribution in [0.2, 0.25) is 0 Å². The minimum absolute atomic E-state index is 0.0600. The summed E-state index contributed by atoms with van der Waals surface area (Å²) < 4.78 is 6.98. The number of thiocarbonyl (C=S) groups is 1. The minimum Gasteiger partial charge on any atom is -0.388 e. The number of imidazole rings is 3. The van der Waals surface area contributed by atoms with Crippen LogP contribution in [0.4, 0.5) is 0 Å². The van der Waals surface area contributed by atoms with Crippen molar-refractivity contribution in [3.05, 3.63) is 72.9 Å². The van der Waals surface area contributed by atoms with Crippen LogP contribution in [0.5, 0.6) is 0 Å². The molecule has 1 amide bonds. The Hall–Kier alpha value is -6.02. The van der Waals surface area contributed by atoms with Gasteiger partial charge in [-0.25, -0.2) is 47.5 Å². The number of rotatable bonds is 4. The number of ketones is 1. The van der Waals surface area contributed by atoms with Crippen molar-refractivity contribution in [2.45, 2.75) is 13.8 Å². The Morgan fingerprint density at radius 3 is 1.62 bits per heavy atom. The van der Waals surface area contributed by atoms with Gasteiger partial charge in [0.05, 0.1) is 5.33 Å². The van der Waals surface area contributed by atoms with E-state index >= 15 is 0 Å². The van der Waals surface area contributed by atoms with E-state index in [0.717, 1.165) is 29.1 Å². The maximum atomic E-state index is 11.7. The molecule has 23 nitrogen and oxygen atoms in total. The molecule has 0 atom stereocenters. The Bertz CT molecular complexity index is 2460. The highest BCUT2D eigenvalue weighted by atomic mass is 79.9. The van der Waals surface area contributed by atoms with E-state index in [2.05, 4.69) is 66.8 Å². The average Bonchev–Trinajstić information content (AvgIpc) is 3.89. The molecule has 0 aliphatic carbocycles. The van der Waals surface area contributed by atoms with Crippen LogP contribution in [0, 0.1) is 6.92 Å². The highest BCUT2D eigenvalue weighted by Gasteiger charge is 2.15. The lowest BCUT2D eigenvalue weighted by molar-refractivity contribution is -0.114. The third-order valence-corrected chi connectivity index (χ3v) is 7.92. The Labute approximate surface area is 295 Å². The van der Waals surface area contributed by atoms with E-state index in [1.807, 2.05) is 12.3 Å². The lowest BCUT2D eigenvalue weighted by Gasteiger charge is -1.95. The fraction of sp³-hybridized carbons (Fsp3) is 0.250. The molecule has 0 aromatic carbocycles. The molecule has 0 aliphatic heterocycles. The van der Waals surface area contributed by atoms with Crippen molar-refractivity contribution < 1.29 is 9.59 Å². The normalized spacial score (nSPS) is 10.5. The standard InChI is InChI=1S/C9H8N6OS.C6H6N6O2.C6H6N6OS.C3H5BrO/c1-5-3-17-8(11-5)6-7-12-13-14(2)9(16)15(7)4-10-6;1-11-6(14)12-2-8-3(4(7)13)5(12)9-10-11;1-11-6(13)12-2-8-3(4(7)14)5(12)9-10-11;1-3(5)2-4/h3-4H,1-2H3;2H,1H3,(H2,7,13);2H,1H3,(H2,7,14);2H2,1H3. The molecule has 7 aromatic heterocycles. The van der Waals surface area contributed by atoms with E-state index in [0.29, 0.717) is 22.4 Å². The first kappa shape index (κ1) is 36.8. The number of aromatic nitrogens is 16. The smallest absolute Gasteiger partial charge is 0.352 e. The fourth-order valence-corrected chi connectivity index (χ4v) is 4.54. The molecule has 260 valence electrons. The fourth-order valence-electron chi connectivity index (χ4n) is 3.60. The van der Waals surface area contributed by atoms with Crippen molar-refractivity contribution in [2.24, 2.45) is 32.6 Å². The number of nitrogens with two attached hydrogens (primary N) is 2. The number of fused-ring (bicyclic) bond motifs is 3. The van der Waals surface area contributed by atoms with Crippen molar-refractivity contribution in [2.75, 3.05) is 5.33 Å². The first-order valence-corrected chi connectivity index (χ1v) is 16.0. The minimum atomic E-state index is -0.741. The molecule has 7 heterocycles. The lowest BCUT2D eigenvalue weighted by Crippen LogP contribution is -2.27. The number of amides is 1. The monoisotopic (exact) mass is 788 g/mol. The van der Waals surface area contributed by atoms with Gasteiger partial charge >= 0.3 is 17.1 Å². The van der Waals surface area contributed by atoms with Gasteiger partial charge in [-0.1, -0.05) is 43.8 Å². The molecule has 0 radical (unpaired) electrons. The van der Waals surface area contributed by atoms with Crippen LogP contribution < -0.4 is 28.5 Å². The number of aryl methyl sites for hydroxylation is 4. The molecule has 0 aliphatic rings. The van der Waals surface area contributed by atoms with Gasteiger partial charge in [0.2, 0.25) is 0 Å². The SMILES string of the molecule is CC(=O)CBr.Cc1csc(-c2ncn3c(=O)n(C)nnc23)n1.Cn1nnc2c(C(N)=O)ncn2c1=O.Cn1nnc2c(C(N)=S)ncn2c1=O. The number of primary amides is 1. The molecule has 0 saturated carbocycles. The predicted octanol–water partition coefficient (Wildman–Crippen LogP) is -2.40. The maximum absolute atomic E-state index is 11.7. The lowest BCUT2D eigenvalue weighted by atomic mass is 10.4.